The van der Waals surface area contributed by atoms with E-state index in [2.05, 4.69) is 5.32 Å². The molecule has 1 heterocycles. The van der Waals surface area contributed by atoms with E-state index in [1.54, 1.807) is 18.9 Å². The number of hydrogen-bond donors (Lipinski definition) is 1. The first-order valence-corrected chi connectivity index (χ1v) is 12.2. The maximum absolute atomic E-state index is 13.1. The van der Waals surface area contributed by atoms with Gasteiger partial charge in [-0.2, -0.15) is 0 Å². The van der Waals surface area contributed by atoms with Crippen LogP contribution in [-0.2, 0) is 19.1 Å². The molecule has 176 valence electrons. The second-order valence-corrected chi connectivity index (χ2v) is 9.27. The zero-order chi connectivity index (χ0) is 23.1. The number of benzene rings is 1. The van der Waals surface area contributed by atoms with Crippen molar-refractivity contribution in [3.8, 4) is 5.75 Å². The summed E-state index contributed by atoms with van der Waals surface area (Å²) < 4.78 is 16.4. The van der Waals surface area contributed by atoms with Gasteiger partial charge in [-0.05, 0) is 45.3 Å². The third kappa shape index (κ3) is 5.85. The number of methoxy groups -OCH3 is 1. The second-order valence-electron chi connectivity index (χ2n) is 7.99. The van der Waals surface area contributed by atoms with Crippen molar-refractivity contribution in [3.63, 3.8) is 0 Å². The standard InChI is InChI=1S/C24H34N2O5S/c1-5-30-22(31-6-2)15-25-23(27)17-11-12-20-18(13-17)26(3)24(28)21(32-20)14-16-9-7-8-10-19(16)29-4/h7-10,14,17-18,20,22H,5-6,11-13,15H2,1-4H3,(H,25,27)/b21-14+. The van der Waals surface area contributed by atoms with E-state index >= 15 is 0 Å². The van der Waals surface area contributed by atoms with Crippen LogP contribution in [0.5, 0.6) is 5.75 Å². The highest BCUT2D eigenvalue weighted by Gasteiger charge is 2.42. The molecule has 0 spiro atoms. The molecule has 1 N–H and O–H groups in total. The molecule has 3 atom stereocenters. The number of hydrogen-bond acceptors (Lipinski definition) is 6. The molecular formula is C24H34N2O5S. The highest BCUT2D eigenvalue weighted by molar-refractivity contribution is 8.04. The molecule has 0 aromatic heterocycles. The quantitative estimate of drug-likeness (QED) is 0.448. The van der Waals surface area contributed by atoms with Gasteiger partial charge in [-0.25, -0.2) is 0 Å². The zero-order valence-corrected chi connectivity index (χ0v) is 20.2. The average molecular weight is 463 g/mol. The third-order valence-corrected chi connectivity index (χ3v) is 7.41. The first-order chi connectivity index (χ1) is 15.5. The lowest BCUT2D eigenvalue weighted by Crippen LogP contribution is -2.52. The highest BCUT2D eigenvalue weighted by Crippen LogP contribution is 2.43. The molecule has 3 rings (SSSR count). The van der Waals surface area contributed by atoms with Gasteiger partial charge < -0.3 is 24.4 Å². The molecule has 1 aliphatic heterocycles. The summed E-state index contributed by atoms with van der Waals surface area (Å²) in [5, 5.41) is 3.25. The largest absolute Gasteiger partial charge is 0.496 e. The van der Waals surface area contributed by atoms with Gasteiger partial charge in [-0.3, -0.25) is 9.59 Å². The van der Waals surface area contributed by atoms with E-state index in [1.807, 2.05) is 56.1 Å². The molecule has 8 heteroatoms. The molecule has 1 aromatic carbocycles. The molecule has 0 radical (unpaired) electrons. The zero-order valence-electron chi connectivity index (χ0n) is 19.3. The van der Waals surface area contributed by atoms with Crippen LogP contribution in [0.2, 0.25) is 0 Å². The van der Waals surface area contributed by atoms with Gasteiger partial charge in [0.2, 0.25) is 5.91 Å². The number of rotatable bonds is 9. The summed E-state index contributed by atoms with van der Waals surface area (Å²) >= 11 is 1.63. The van der Waals surface area contributed by atoms with Gasteiger partial charge in [0.15, 0.2) is 6.29 Å². The Labute approximate surface area is 194 Å². The van der Waals surface area contributed by atoms with E-state index in [4.69, 9.17) is 14.2 Å². The van der Waals surface area contributed by atoms with Gasteiger partial charge in [0.05, 0.1) is 18.6 Å². The van der Waals surface area contributed by atoms with E-state index in [1.165, 1.54) is 0 Å². The lowest BCUT2D eigenvalue weighted by molar-refractivity contribution is -0.143. The monoisotopic (exact) mass is 462 g/mol. The molecule has 1 aromatic rings. The fourth-order valence-corrected chi connectivity index (χ4v) is 5.80. The first kappa shape index (κ1) is 24.6. The molecule has 2 amide bonds. The molecular weight excluding hydrogens is 428 g/mol. The molecule has 1 saturated carbocycles. The number of nitrogens with one attached hydrogen (secondary N) is 1. The summed E-state index contributed by atoms with van der Waals surface area (Å²) in [7, 11) is 3.48. The summed E-state index contributed by atoms with van der Waals surface area (Å²) in [4.78, 5) is 28.4. The van der Waals surface area contributed by atoms with Crippen LogP contribution < -0.4 is 10.1 Å². The van der Waals surface area contributed by atoms with Crippen molar-refractivity contribution in [2.75, 3.05) is 33.9 Å². The summed E-state index contributed by atoms with van der Waals surface area (Å²) in [5.74, 6) is 0.636. The minimum Gasteiger partial charge on any atom is -0.496 e. The first-order valence-electron chi connectivity index (χ1n) is 11.3. The van der Waals surface area contributed by atoms with Crippen molar-refractivity contribution >= 4 is 29.7 Å². The van der Waals surface area contributed by atoms with E-state index in [0.717, 1.165) is 29.1 Å². The van der Waals surface area contributed by atoms with E-state index in [-0.39, 0.29) is 29.0 Å². The number of carbonyl (C=O) groups excluding carboxylic acids is 2. The normalized spacial score (nSPS) is 24.5. The topological polar surface area (TPSA) is 77.1 Å². The van der Waals surface area contributed by atoms with E-state index in [9.17, 15) is 9.59 Å². The van der Waals surface area contributed by atoms with E-state index in [0.29, 0.717) is 26.2 Å². The number of nitrogens with zero attached hydrogens (tertiary/aromatic N) is 1. The summed E-state index contributed by atoms with van der Waals surface area (Å²) in [6.45, 7) is 5.20. The Bertz CT molecular complexity index is 824. The molecule has 0 bridgehead atoms. The molecule has 32 heavy (non-hydrogen) atoms. The predicted molar refractivity (Wildman–Crippen MR) is 126 cm³/mol. The second kappa shape index (κ2) is 11.7. The molecule has 2 aliphatic rings. The fraction of sp³-hybridized carbons (Fsp3) is 0.583. The van der Waals surface area contributed by atoms with Crippen LogP contribution in [0.25, 0.3) is 6.08 Å². The number of carbonyl (C=O) groups is 2. The van der Waals surface area contributed by atoms with Gasteiger partial charge in [-0.15, -0.1) is 11.8 Å². The van der Waals surface area contributed by atoms with Gasteiger partial charge in [-0.1, -0.05) is 18.2 Å². The Morgan fingerprint density at radius 1 is 1.25 bits per heavy atom. The van der Waals surface area contributed by atoms with Crippen LogP contribution in [0.3, 0.4) is 0 Å². The van der Waals surface area contributed by atoms with Crippen LogP contribution in [0.4, 0.5) is 0 Å². The van der Waals surface area contributed by atoms with E-state index < -0.39 is 6.29 Å². The van der Waals surface area contributed by atoms with Crippen molar-refractivity contribution in [1.29, 1.82) is 0 Å². The minimum atomic E-state index is -0.428. The number of amides is 2. The molecule has 1 aliphatic carbocycles. The Hall–Kier alpha value is -2.03. The van der Waals surface area contributed by atoms with Crippen LogP contribution in [0.1, 0.15) is 38.7 Å². The number of thioether (sulfide) groups is 1. The maximum Gasteiger partial charge on any atom is 0.260 e. The minimum absolute atomic E-state index is 0.00373. The summed E-state index contributed by atoms with van der Waals surface area (Å²) in [5.41, 5.74) is 0.893. The molecule has 1 saturated heterocycles. The van der Waals surface area contributed by atoms with Crippen molar-refractivity contribution in [3.05, 3.63) is 34.7 Å². The van der Waals surface area contributed by atoms with Gasteiger partial charge >= 0.3 is 0 Å². The maximum atomic E-state index is 13.1. The van der Waals surface area contributed by atoms with Crippen molar-refractivity contribution in [1.82, 2.24) is 10.2 Å². The van der Waals surface area contributed by atoms with Crippen molar-refractivity contribution < 1.29 is 23.8 Å². The number of para-hydroxylation sites is 1. The number of ether oxygens (including phenoxy) is 3. The number of fused-ring (bicyclic) bond motifs is 1. The van der Waals surface area contributed by atoms with Crippen molar-refractivity contribution in [2.24, 2.45) is 5.92 Å². The average Bonchev–Trinajstić information content (AvgIpc) is 2.81. The van der Waals surface area contributed by atoms with Gasteiger partial charge in [0.1, 0.15) is 5.75 Å². The van der Waals surface area contributed by atoms with Crippen LogP contribution in [0.15, 0.2) is 29.2 Å². The predicted octanol–water partition coefficient (Wildman–Crippen LogP) is 3.29. The highest BCUT2D eigenvalue weighted by atomic mass is 32.2. The summed E-state index contributed by atoms with van der Waals surface area (Å²) in [6.07, 6.45) is 3.84. The molecule has 2 fully saturated rings. The SMILES string of the molecule is CCOC(CNC(=O)C1CCC2S/C(=C/c3ccccc3OC)C(=O)N(C)C2C1)OCC. The van der Waals surface area contributed by atoms with Gasteiger partial charge in [0, 0.05) is 43.0 Å². The smallest absolute Gasteiger partial charge is 0.260 e. The van der Waals surface area contributed by atoms with Crippen LogP contribution in [-0.4, -0.2) is 68.2 Å². The van der Waals surface area contributed by atoms with Crippen molar-refractivity contribution in [2.45, 2.75) is 50.7 Å². The Balaban J connectivity index is 1.63. The van der Waals surface area contributed by atoms with Crippen LogP contribution >= 0.6 is 11.8 Å². The van der Waals surface area contributed by atoms with Gasteiger partial charge in [0.25, 0.3) is 5.91 Å². The molecule has 7 nitrogen and oxygen atoms in total. The Morgan fingerprint density at radius 2 is 1.97 bits per heavy atom. The Morgan fingerprint density at radius 3 is 2.66 bits per heavy atom. The Kier molecular flexibility index (Phi) is 9.02. The number of likely N-dealkylation sites (N-methyl/N-ethyl adjacent to an activating group) is 1. The lowest BCUT2D eigenvalue weighted by atomic mass is 9.83. The molecule has 3 unspecified atom stereocenters. The fourth-order valence-electron chi connectivity index (χ4n) is 4.33. The third-order valence-electron chi connectivity index (χ3n) is 6.01. The van der Waals surface area contributed by atoms with Crippen LogP contribution in [0, 0.1) is 5.92 Å². The lowest BCUT2D eigenvalue weighted by Gasteiger charge is -2.44. The summed E-state index contributed by atoms with van der Waals surface area (Å²) in [6, 6.07) is 7.73.